The summed E-state index contributed by atoms with van der Waals surface area (Å²) < 4.78 is 28.5. The number of ether oxygens (including phenoxy) is 1. The van der Waals surface area contributed by atoms with Crippen molar-refractivity contribution in [3.05, 3.63) is 16.3 Å². The van der Waals surface area contributed by atoms with E-state index in [1.807, 2.05) is 0 Å². The summed E-state index contributed by atoms with van der Waals surface area (Å²) in [4.78, 5) is 23.7. The zero-order valence-electron chi connectivity index (χ0n) is 10.1. The predicted octanol–water partition coefficient (Wildman–Crippen LogP) is 2.29. The van der Waals surface area contributed by atoms with Gasteiger partial charge in [-0.25, -0.2) is 0 Å². The van der Waals surface area contributed by atoms with Crippen molar-refractivity contribution in [2.75, 3.05) is 13.6 Å². The molecule has 1 rings (SSSR count). The molecule has 0 fully saturated rings. The molecule has 106 valence electrons. The average Bonchev–Trinajstić information content (AvgIpc) is 2.74. The van der Waals surface area contributed by atoms with E-state index in [0.29, 0.717) is 6.42 Å². The summed E-state index contributed by atoms with van der Waals surface area (Å²) >= 11 is 1.00. The van der Waals surface area contributed by atoms with Crippen molar-refractivity contribution in [1.82, 2.24) is 4.90 Å². The molecular formula is C11H13F2NO4S. The van der Waals surface area contributed by atoms with Gasteiger partial charge in [0.05, 0.1) is 0 Å². The third-order valence-corrected chi connectivity index (χ3v) is 3.15. The first kappa shape index (κ1) is 15.4. The van der Waals surface area contributed by atoms with Gasteiger partial charge in [-0.1, -0.05) is 0 Å². The van der Waals surface area contributed by atoms with Crippen LogP contribution in [0.2, 0.25) is 0 Å². The Bertz CT molecular complexity index is 450. The van der Waals surface area contributed by atoms with E-state index < -0.39 is 18.5 Å². The topological polar surface area (TPSA) is 66.8 Å². The largest absolute Gasteiger partial charge is 0.481 e. The molecule has 0 radical (unpaired) electrons. The number of aliphatic carboxylic acids is 1. The van der Waals surface area contributed by atoms with Crippen molar-refractivity contribution in [3.8, 4) is 5.75 Å². The number of thiophene rings is 1. The molecule has 0 unspecified atom stereocenters. The zero-order chi connectivity index (χ0) is 14.4. The van der Waals surface area contributed by atoms with E-state index in [-0.39, 0.29) is 23.6 Å². The Morgan fingerprint density at radius 2 is 2.21 bits per heavy atom. The molecule has 1 amide bonds. The number of rotatable bonds is 7. The minimum atomic E-state index is -2.99. The highest BCUT2D eigenvalue weighted by molar-refractivity contribution is 7.12. The number of carboxylic acids is 1. The van der Waals surface area contributed by atoms with Crippen LogP contribution in [-0.2, 0) is 4.79 Å². The van der Waals surface area contributed by atoms with E-state index in [4.69, 9.17) is 5.11 Å². The minimum Gasteiger partial charge on any atom is -0.481 e. The lowest BCUT2D eigenvalue weighted by molar-refractivity contribution is -0.137. The number of hydrogen-bond acceptors (Lipinski definition) is 4. The second kappa shape index (κ2) is 7.03. The predicted molar refractivity (Wildman–Crippen MR) is 64.8 cm³/mol. The number of carboxylic acid groups (broad SMARTS) is 1. The van der Waals surface area contributed by atoms with E-state index in [9.17, 15) is 18.4 Å². The molecule has 0 aliphatic rings. The number of carbonyl (C=O) groups is 2. The first-order valence-electron chi connectivity index (χ1n) is 5.41. The van der Waals surface area contributed by atoms with E-state index in [2.05, 4.69) is 4.74 Å². The molecule has 5 nitrogen and oxygen atoms in total. The van der Waals surface area contributed by atoms with Gasteiger partial charge in [-0.2, -0.15) is 8.78 Å². The minimum absolute atomic E-state index is 0.0531. The van der Waals surface area contributed by atoms with Crippen molar-refractivity contribution in [2.24, 2.45) is 0 Å². The normalized spacial score (nSPS) is 10.5. The molecule has 0 aliphatic heterocycles. The average molecular weight is 293 g/mol. The molecule has 0 atom stereocenters. The molecule has 1 aromatic heterocycles. The fraction of sp³-hybridized carbons (Fsp3) is 0.455. The fourth-order valence-corrected chi connectivity index (χ4v) is 2.20. The van der Waals surface area contributed by atoms with Crippen molar-refractivity contribution in [2.45, 2.75) is 19.5 Å². The smallest absolute Gasteiger partial charge is 0.387 e. The Balaban J connectivity index is 2.61. The summed E-state index contributed by atoms with van der Waals surface area (Å²) in [5.41, 5.74) is 0. The maximum absolute atomic E-state index is 12.1. The van der Waals surface area contributed by atoms with Gasteiger partial charge in [0.1, 0.15) is 10.6 Å². The number of amides is 1. The van der Waals surface area contributed by atoms with Gasteiger partial charge in [0.2, 0.25) is 0 Å². The standard InChI is InChI=1S/C11H13F2NO4S/c1-14(5-2-3-8(15)16)10(17)9-7(4-6-19-9)18-11(12)13/h4,6,11H,2-3,5H2,1H3,(H,15,16). The number of carbonyl (C=O) groups excluding carboxylic acids is 1. The second-order valence-corrected chi connectivity index (χ2v) is 4.63. The molecule has 0 aliphatic carbocycles. The molecule has 1 N–H and O–H groups in total. The molecule has 0 bridgehead atoms. The molecule has 0 saturated heterocycles. The Labute approximate surface area is 112 Å². The van der Waals surface area contributed by atoms with Gasteiger partial charge in [0.15, 0.2) is 0 Å². The quantitative estimate of drug-likeness (QED) is 0.837. The van der Waals surface area contributed by atoms with Gasteiger partial charge in [-0.3, -0.25) is 9.59 Å². The first-order chi connectivity index (χ1) is 8.91. The highest BCUT2D eigenvalue weighted by Crippen LogP contribution is 2.27. The van der Waals surface area contributed by atoms with Crippen LogP contribution in [0.5, 0.6) is 5.75 Å². The van der Waals surface area contributed by atoms with Gasteiger partial charge in [-0.15, -0.1) is 11.3 Å². The van der Waals surface area contributed by atoms with Crippen molar-refractivity contribution >= 4 is 23.2 Å². The lowest BCUT2D eigenvalue weighted by atomic mass is 10.3. The van der Waals surface area contributed by atoms with Gasteiger partial charge < -0.3 is 14.7 Å². The van der Waals surface area contributed by atoms with Crippen LogP contribution in [0.1, 0.15) is 22.5 Å². The van der Waals surface area contributed by atoms with Crippen molar-refractivity contribution < 1.29 is 28.2 Å². The lowest BCUT2D eigenvalue weighted by Gasteiger charge is -2.16. The first-order valence-corrected chi connectivity index (χ1v) is 6.29. The van der Waals surface area contributed by atoms with E-state index in [1.54, 1.807) is 0 Å². The third kappa shape index (κ3) is 4.82. The second-order valence-electron chi connectivity index (χ2n) is 3.72. The van der Waals surface area contributed by atoms with Crippen LogP contribution < -0.4 is 4.74 Å². The SMILES string of the molecule is CN(CCCC(=O)O)C(=O)c1sccc1OC(F)F. The molecule has 19 heavy (non-hydrogen) atoms. The zero-order valence-corrected chi connectivity index (χ0v) is 11.0. The molecule has 0 saturated carbocycles. The lowest BCUT2D eigenvalue weighted by Crippen LogP contribution is -2.28. The maximum Gasteiger partial charge on any atom is 0.387 e. The molecule has 8 heteroatoms. The Hall–Kier alpha value is -1.70. The molecule has 1 heterocycles. The van der Waals surface area contributed by atoms with Crippen LogP contribution >= 0.6 is 11.3 Å². The van der Waals surface area contributed by atoms with Gasteiger partial charge in [-0.05, 0) is 17.9 Å². The summed E-state index contributed by atoms with van der Waals surface area (Å²) in [6.07, 6.45) is 0.246. The molecule has 1 aromatic rings. The van der Waals surface area contributed by atoms with Crippen molar-refractivity contribution in [1.29, 1.82) is 0 Å². The van der Waals surface area contributed by atoms with Crippen LogP contribution in [0.3, 0.4) is 0 Å². The number of alkyl halides is 2. The van der Waals surface area contributed by atoms with Crippen LogP contribution in [0.25, 0.3) is 0 Å². The van der Waals surface area contributed by atoms with Crippen LogP contribution in [0.4, 0.5) is 8.78 Å². The van der Waals surface area contributed by atoms with E-state index in [1.165, 1.54) is 23.4 Å². The van der Waals surface area contributed by atoms with Crippen LogP contribution in [-0.4, -0.2) is 42.1 Å². The summed E-state index contributed by atoms with van der Waals surface area (Å²) in [7, 11) is 1.48. The summed E-state index contributed by atoms with van der Waals surface area (Å²) in [6.45, 7) is -2.75. The monoisotopic (exact) mass is 293 g/mol. The van der Waals surface area contributed by atoms with Crippen LogP contribution in [0.15, 0.2) is 11.4 Å². The molecule has 0 aromatic carbocycles. The Morgan fingerprint density at radius 1 is 1.53 bits per heavy atom. The summed E-state index contributed by atoms with van der Waals surface area (Å²) in [6, 6.07) is 1.30. The highest BCUT2D eigenvalue weighted by Gasteiger charge is 2.20. The highest BCUT2D eigenvalue weighted by atomic mass is 32.1. The van der Waals surface area contributed by atoms with E-state index in [0.717, 1.165) is 11.3 Å². The summed E-state index contributed by atoms with van der Waals surface area (Å²) in [5.74, 6) is -1.56. The molecule has 0 spiro atoms. The Morgan fingerprint density at radius 3 is 2.79 bits per heavy atom. The summed E-state index contributed by atoms with van der Waals surface area (Å²) in [5, 5.41) is 9.97. The van der Waals surface area contributed by atoms with Crippen LogP contribution in [0, 0.1) is 0 Å². The maximum atomic E-state index is 12.1. The number of nitrogens with zero attached hydrogens (tertiary/aromatic N) is 1. The van der Waals surface area contributed by atoms with Gasteiger partial charge in [0.25, 0.3) is 5.91 Å². The van der Waals surface area contributed by atoms with Gasteiger partial charge in [0, 0.05) is 20.0 Å². The van der Waals surface area contributed by atoms with E-state index >= 15 is 0 Å². The Kier molecular flexibility index (Phi) is 5.68. The van der Waals surface area contributed by atoms with Gasteiger partial charge >= 0.3 is 12.6 Å². The number of halogens is 2. The molecular weight excluding hydrogens is 280 g/mol. The number of hydrogen-bond donors (Lipinski definition) is 1. The fourth-order valence-electron chi connectivity index (χ4n) is 1.38. The van der Waals surface area contributed by atoms with Crippen molar-refractivity contribution in [3.63, 3.8) is 0 Å². The third-order valence-electron chi connectivity index (χ3n) is 2.27.